The molecule has 3 aromatic heterocycles. The molecule has 0 unspecified atom stereocenters. The number of nitriles is 1. The molecule has 11 heteroatoms. The number of carbonyl (C=O) groups is 1. The maximum absolute atomic E-state index is 12.5. The lowest BCUT2D eigenvalue weighted by Gasteiger charge is -2.61. The summed E-state index contributed by atoms with van der Waals surface area (Å²) in [5, 5.41) is 26.7. The molecule has 1 N–H and O–H groups in total. The Morgan fingerprint density at radius 1 is 1.14 bits per heavy atom. The molecule has 216 valence electrons. The molecule has 0 bridgehead atoms. The number of pyridine rings is 1. The van der Waals surface area contributed by atoms with Crippen LogP contribution in [0.1, 0.15) is 48.9 Å². The second-order valence-corrected chi connectivity index (χ2v) is 13.7. The normalized spacial score (nSPS) is 17.7. The Morgan fingerprint density at radius 2 is 1.83 bits per heavy atom. The second kappa shape index (κ2) is 9.24. The van der Waals surface area contributed by atoms with Crippen molar-refractivity contribution in [2.45, 2.75) is 52.2 Å². The van der Waals surface area contributed by atoms with Crippen LogP contribution in [0.3, 0.4) is 0 Å². The molecule has 1 aliphatic carbocycles. The number of aromatic nitrogens is 4. The van der Waals surface area contributed by atoms with Crippen molar-refractivity contribution in [3.05, 3.63) is 46.5 Å². The molecule has 1 saturated carbocycles. The molecule has 4 aromatic rings. The summed E-state index contributed by atoms with van der Waals surface area (Å²) in [7, 11) is 2.00. The Hall–Kier alpha value is -4.01. The van der Waals surface area contributed by atoms with Gasteiger partial charge >= 0.3 is 0 Å². The zero-order valence-electron chi connectivity index (χ0n) is 24.5. The average molecular weight is 583 g/mol. The van der Waals surface area contributed by atoms with Crippen molar-refractivity contribution in [1.29, 1.82) is 5.26 Å². The number of anilines is 3. The van der Waals surface area contributed by atoms with Crippen molar-refractivity contribution in [1.82, 2.24) is 24.6 Å². The first-order valence-electron chi connectivity index (χ1n) is 14.3. The monoisotopic (exact) mass is 582 g/mol. The van der Waals surface area contributed by atoms with E-state index in [1.807, 2.05) is 45.2 Å². The Balaban J connectivity index is 1.20. The zero-order valence-corrected chi connectivity index (χ0v) is 25.4. The quantitative estimate of drug-likeness (QED) is 0.352. The maximum Gasteiger partial charge on any atom is 0.253 e. The van der Waals surface area contributed by atoms with Gasteiger partial charge in [0.1, 0.15) is 28.1 Å². The minimum Gasteiger partial charge on any atom is -0.381 e. The summed E-state index contributed by atoms with van der Waals surface area (Å²) in [4.78, 5) is 29.1. The predicted octanol–water partition coefficient (Wildman–Crippen LogP) is 4.57. The Morgan fingerprint density at radius 3 is 2.45 bits per heavy atom. The van der Waals surface area contributed by atoms with Gasteiger partial charge in [-0.25, -0.2) is 14.6 Å². The minimum atomic E-state index is -1.34. The summed E-state index contributed by atoms with van der Waals surface area (Å²) in [5.41, 5.74) is 4.23. The van der Waals surface area contributed by atoms with Gasteiger partial charge in [-0.2, -0.15) is 10.4 Å². The summed E-state index contributed by atoms with van der Waals surface area (Å²) >= 11 is 1.39. The number of rotatable bonds is 6. The molecule has 3 aliphatic rings. The lowest BCUT2D eigenvalue weighted by molar-refractivity contribution is -0.162. The first-order chi connectivity index (χ1) is 20.0. The van der Waals surface area contributed by atoms with Crippen molar-refractivity contribution in [3.8, 4) is 17.3 Å². The summed E-state index contributed by atoms with van der Waals surface area (Å²) in [6.07, 6.45) is 2.15. The van der Waals surface area contributed by atoms with Crippen LogP contribution in [0.15, 0.2) is 30.3 Å². The van der Waals surface area contributed by atoms with Gasteiger partial charge < -0.3 is 19.8 Å². The van der Waals surface area contributed by atoms with E-state index in [9.17, 15) is 15.2 Å². The van der Waals surface area contributed by atoms with E-state index in [1.54, 1.807) is 18.7 Å². The highest BCUT2D eigenvalue weighted by atomic mass is 32.1. The van der Waals surface area contributed by atoms with E-state index < -0.39 is 5.60 Å². The highest BCUT2D eigenvalue weighted by Crippen LogP contribution is 2.47. The van der Waals surface area contributed by atoms with E-state index in [4.69, 9.17) is 15.1 Å². The molecule has 1 aromatic carbocycles. The fourth-order valence-electron chi connectivity index (χ4n) is 6.28. The largest absolute Gasteiger partial charge is 0.381 e. The Labute approximate surface area is 248 Å². The number of fused-ring (bicyclic) bond motifs is 1. The van der Waals surface area contributed by atoms with E-state index in [-0.39, 0.29) is 11.3 Å². The van der Waals surface area contributed by atoms with Crippen molar-refractivity contribution in [3.63, 3.8) is 0 Å². The summed E-state index contributed by atoms with van der Waals surface area (Å²) in [6.45, 7) is 10.2. The smallest absolute Gasteiger partial charge is 0.253 e. The van der Waals surface area contributed by atoms with Gasteiger partial charge in [0.05, 0.1) is 22.8 Å². The standard InChI is InChI=1S/C31H34N8O2S/c1-18-6-8-20(9-7-18)25-24(13-32)42-29(34-25)36(5)27-22-12-23(19(2)33-26(22)35-39(27)21-10-11-21)37-14-31(15-37)16-38(17-31)28(40)30(3,4)41/h6-9,12,21,41H,10-11,14-17H2,1-5H3. The highest BCUT2D eigenvalue weighted by molar-refractivity contribution is 7.16. The SMILES string of the molecule is Cc1ccc(-c2nc(N(C)c3c4cc(N5CC6(CN(C(=O)C(C)(C)O)C6)C5)c(C)nc4nn3C3CC3)sc2C#N)cc1. The molecular weight excluding hydrogens is 548 g/mol. The van der Waals surface area contributed by atoms with Crippen LogP contribution in [0.4, 0.5) is 16.6 Å². The van der Waals surface area contributed by atoms with Crippen molar-refractivity contribution in [2.24, 2.45) is 5.41 Å². The van der Waals surface area contributed by atoms with Crippen LogP contribution in [0, 0.1) is 30.6 Å². The fourth-order valence-corrected chi connectivity index (χ4v) is 7.13. The molecular formula is C31H34N8O2S. The number of hydrogen-bond acceptors (Lipinski definition) is 9. The van der Waals surface area contributed by atoms with Gasteiger partial charge in [0, 0.05) is 44.2 Å². The van der Waals surface area contributed by atoms with E-state index >= 15 is 0 Å². The topological polar surface area (TPSA) is 114 Å². The van der Waals surface area contributed by atoms with Gasteiger partial charge in [0.2, 0.25) is 0 Å². The number of carbonyl (C=O) groups excluding carboxylic acids is 1. The number of hydrogen-bond donors (Lipinski definition) is 1. The van der Waals surface area contributed by atoms with E-state index in [0.29, 0.717) is 35.3 Å². The van der Waals surface area contributed by atoms with Crippen LogP contribution in [0.2, 0.25) is 0 Å². The summed E-state index contributed by atoms with van der Waals surface area (Å²) < 4.78 is 2.09. The molecule has 0 radical (unpaired) electrons. The predicted molar refractivity (Wildman–Crippen MR) is 163 cm³/mol. The molecule has 1 spiro atoms. The van der Waals surface area contributed by atoms with Gasteiger partial charge in [-0.05, 0) is 46.6 Å². The molecule has 42 heavy (non-hydrogen) atoms. The summed E-state index contributed by atoms with van der Waals surface area (Å²) in [6, 6.07) is 13.0. The minimum absolute atomic E-state index is 0.0705. The van der Waals surface area contributed by atoms with Gasteiger partial charge in [-0.1, -0.05) is 41.2 Å². The molecule has 1 amide bonds. The molecule has 3 fully saturated rings. The van der Waals surface area contributed by atoms with Crippen LogP contribution in [0.25, 0.3) is 22.3 Å². The first kappa shape index (κ1) is 26.9. The molecule has 7 rings (SSSR count). The Bertz CT molecular complexity index is 1760. The molecule has 10 nitrogen and oxygen atoms in total. The number of thiazole rings is 1. The van der Waals surface area contributed by atoms with Crippen LogP contribution >= 0.6 is 11.3 Å². The van der Waals surface area contributed by atoms with Crippen molar-refractivity contribution < 1.29 is 9.90 Å². The van der Waals surface area contributed by atoms with E-state index in [1.165, 1.54) is 11.3 Å². The van der Waals surface area contributed by atoms with Crippen LogP contribution in [0.5, 0.6) is 0 Å². The van der Waals surface area contributed by atoms with Crippen LogP contribution in [-0.4, -0.2) is 74.5 Å². The lowest BCUT2D eigenvalue weighted by atomic mass is 9.72. The third-order valence-corrected chi connectivity index (χ3v) is 9.66. The first-order valence-corrected chi connectivity index (χ1v) is 15.2. The molecule has 0 atom stereocenters. The van der Waals surface area contributed by atoms with Crippen molar-refractivity contribution in [2.75, 3.05) is 43.0 Å². The number of benzene rings is 1. The molecule has 2 aliphatic heterocycles. The number of aliphatic hydroxyl groups is 1. The number of likely N-dealkylation sites (tertiary alicyclic amines) is 1. The zero-order chi connectivity index (χ0) is 29.6. The second-order valence-electron chi connectivity index (χ2n) is 12.8. The van der Waals surface area contributed by atoms with Crippen LogP contribution < -0.4 is 9.80 Å². The van der Waals surface area contributed by atoms with Crippen LogP contribution in [-0.2, 0) is 4.79 Å². The number of aryl methyl sites for hydroxylation is 2. The fraction of sp³-hybridized carbons (Fsp3) is 0.452. The van der Waals surface area contributed by atoms with Gasteiger partial charge in [0.25, 0.3) is 5.91 Å². The molecule has 2 saturated heterocycles. The maximum atomic E-state index is 12.5. The number of amides is 1. The number of nitrogens with zero attached hydrogens (tertiary/aromatic N) is 8. The highest BCUT2D eigenvalue weighted by Gasteiger charge is 2.55. The van der Waals surface area contributed by atoms with Gasteiger partial charge in [-0.15, -0.1) is 0 Å². The third-order valence-electron chi connectivity index (χ3n) is 8.62. The summed E-state index contributed by atoms with van der Waals surface area (Å²) in [5.74, 6) is 0.731. The van der Waals surface area contributed by atoms with E-state index in [2.05, 4.69) is 26.6 Å². The van der Waals surface area contributed by atoms with Gasteiger partial charge in [-0.3, -0.25) is 4.79 Å². The van der Waals surface area contributed by atoms with E-state index in [0.717, 1.165) is 64.8 Å². The van der Waals surface area contributed by atoms with Gasteiger partial charge in [0.15, 0.2) is 10.8 Å². The van der Waals surface area contributed by atoms with Crippen molar-refractivity contribution >= 4 is 44.9 Å². The lowest BCUT2D eigenvalue weighted by Crippen LogP contribution is -2.74. The molecule has 5 heterocycles. The average Bonchev–Trinajstić information content (AvgIpc) is 3.55. The Kier molecular flexibility index (Phi) is 5.91. The third kappa shape index (κ3) is 4.32.